The third-order valence-corrected chi connectivity index (χ3v) is 5.58. The zero-order valence-corrected chi connectivity index (χ0v) is 14.9. The number of hydrogen-bond acceptors (Lipinski definition) is 4. The molecule has 0 radical (unpaired) electrons. The molecule has 22 heavy (non-hydrogen) atoms. The van der Waals surface area contributed by atoms with E-state index in [9.17, 15) is 4.79 Å². The fraction of sp³-hybridized carbons (Fsp3) is 0.938. The second-order valence-corrected chi connectivity index (χ2v) is 7.64. The van der Waals surface area contributed by atoms with Crippen LogP contribution in [0.15, 0.2) is 0 Å². The lowest BCUT2D eigenvalue weighted by atomic mass is 10.1. The number of morpholine rings is 1. The average Bonchev–Trinajstić information content (AvgIpc) is 2.79. The largest absolute Gasteiger partial charge is 0.379 e. The molecule has 0 bridgehead atoms. The number of carbonyl (C=O) groups is 1. The monoisotopic (exact) mass is 329 g/mol. The Hall–Kier alpha value is -0.460. The number of carbonyl (C=O) groups excluding carboxylic acids is 1. The molecule has 0 aromatic heterocycles. The van der Waals surface area contributed by atoms with Crippen molar-refractivity contribution in [2.24, 2.45) is 5.92 Å². The Bertz CT molecular complexity index is 337. The number of amides is 2. The maximum Gasteiger partial charge on any atom is 0.317 e. The first kappa shape index (κ1) is 17.9. The quantitative estimate of drug-likeness (QED) is 0.836. The second-order valence-electron chi connectivity index (χ2n) is 6.50. The van der Waals surface area contributed by atoms with Crippen LogP contribution in [0, 0.1) is 5.92 Å². The minimum absolute atomic E-state index is 0.120. The molecule has 2 aliphatic rings. The molecular weight excluding hydrogens is 298 g/mol. The smallest absolute Gasteiger partial charge is 0.317 e. The van der Waals surface area contributed by atoms with E-state index < -0.39 is 0 Å². The summed E-state index contributed by atoms with van der Waals surface area (Å²) >= 11 is 1.89. The summed E-state index contributed by atoms with van der Waals surface area (Å²) in [6, 6.07) is 0.120. The van der Waals surface area contributed by atoms with Gasteiger partial charge in [-0.15, -0.1) is 0 Å². The molecule has 2 atom stereocenters. The third-order valence-electron chi connectivity index (χ3n) is 4.52. The van der Waals surface area contributed by atoms with E-state index in [0.717, 1.165) is 58.9 Å². The van der Waals surface area contributed by atoms with Gasteiger partial charge in [0.15, 0.2) is 0 Å². The zero-order chi connectivity index (χ0) is 15.8. The second kappa shape index (κ2) is 9.63. The fourth-order valence-corrected chi connectivity index (χ4v) is 3.87. The molecule has 0 aliphatic carbocycles. The number of ether oxygens (including phenoxy) is 1. The first-order chi connectivity index (χ1) is 10.7. The molecule has 2 rings (SSSR count). The first-order valence-corrected chi connectivity index (χ1v) is 9.83. The third kappa shape index (κ3) is 5.97. The highest BCUT2D eigenvalue weighted by molar-refractivity contribution is 7.99. The van der Waals surface area contributed by atoms with Crippen LogP contribution < -0.4 is 5.32 Å². The van der Waals surface area contributed by atoms with Gasteiger partial charge in [0.05, 0.1) is 13.2 Å². The molecule has 0 saturated carbocycles. The SMILES string of the molecule is CS[C@H]1CCCCN(C(=O)NC[C@H](C)CN2CCOCC2)C1. The Morgan fingerprint density at radius 1 is 1.32 bits per heavy atom. The summed E-state index contributed by atoms with van der Waals surface area (Å²) in [5, 5.41) is 3.73. The Morgan fingerprint density at radius 3 is 2.82 bits per heavy atom. The molecule has 2 amide bonds. The van der Waals surface area contributed by atoms with E-state index in [4.69, 9.17) is 4.74 Å². The number of urea groups is 1. The van der Waals surface area contributed by atoms with Crippen molar-refractivity contribution in [1.82, 2.24) is 15.1 Å². The van der Waals surface area contributed by atoms with Gasteiger partial charge in [0, 0.05) is 44.5 Å². The van der Waals surface area contributed by atoms with E-state index in [0.29, 0.717) is 11.2 Å². The van der Waals surface area contributed by atoms with Crippen LogP contribution in [0.5, 0.6) is 0 Å². The van der Waals surface area contributed by atoms with Gasteiger partial charge in [-0.2, -0.15) is 11.8 Å². The van der Waals surface area contributed by atoms with E-state index in [1.54, 1.807) is 0 Å². The maximum atomic E-state index is 12.4. The standard InChI is InChI=1S/C16H31N3O2S/c1-14(12-18-7-9-21-10-8-18)11-17-16(20)19-6-4-3-5-15(13-19)22-2/h14-15H,3-13H2,1-2H3,(H,17,20)/t14-,15-/m0/s1. The summed E-state index contributed by atoms with van der Waals surface area (Å²) in [6.45, 7) is 9.51. The van der Waals surface area contributed by atoms with E-state index in [2.05, 4.69) is 23.4 Å². The van der Waals surface area contributed by atoms with Crippen molar-refractivity contribution in [2.75, 3.05) is 58.7 Å². The van der Waals surface area contributed by atoms with E-state index in [-0.39, 0.29) is 6.03 Å². The van der Waals surface area contributed by atoms with Crippen molar-refractivity contribution in [3.05, 3.63) is 0 Å². The summed E-state index contributed by atoms with van der Waals surface area (Å²) in [4.78, 5) is 16.8. The van der Waals surface area contributed by atoms with Gasteiger partial charge in [-0.3, -0.25) is 4.90 Å². The van der Waals surface area contributed by atoms with Gasteiger partial charge in [-0.05, 0) is 25.0 Å². The summed E-state index contributed by atoms with van der Waals surface area (Å²) in [5.74, 6) is 0.477. The summed E-state index contributed by atoms with van der Waals surface area (Å²) in [5.41, 5.74) is 0. The Kier molecular flexibility index (Phi) is 7.83. The minimum Gasteiger partial charge on any atom is -0.379 e. The molecule has 0 unspecified atom stereocenters. The zero-order valence-electron chi connectivity index (χ0n) is 14.1. The molecule has 2 aliphatic heterocycles. The minimum atomic E-state index is 0.120. The summed E-state index contributed by atoms with van der Waals surface area (Å²) < 4.78 is 5.37. The predicted molar refractivity (Wildman–Crippen MR) is 92.5 cm³/mol. The molecule has 5 nitrogen and oxygen atoms in total. The van der Waals surface area contributed by atoms with Crippen molar-refractivity contribution >= 4 is 17.8 Å². The van der Waals surface area contributed by atoms with Gasteiger partial charge in [0.25, 0.3) is 0 Å². The molecule has 128 valence electrons. The van der Waals surface area contributed by atoms with Crippen LogP contribution in [0.25, 0.3) is 0 Å². The molecule has 1 N–H and O–H groups in total. The van der Waals surface area contributed by atoms with Crippen molar-refractivity contribution in [2.45, 2.75) is 31.4 Å². The number of thioether (sulfide) groups is 1. The number of rotatable bonds is 5. The van der Waals surface area contributed by atoms with Crippen molar-refractivity contribution in [3.8, 4) is 0 Å². The number of hydrogen-bond donors (Lipinski definition) is 1. The fourth-order valence-electron chi connectivity index (χ4n) is 3.14. The number of likely N-dealkylation sites (tertiary alicyclic amines) is 1. The average molecular weight is 330 g/mol. The highest BCUT2D eigenvalue weighted by atomic mass is 32.2. The molecule has 2 fully saturated rings. The molecular formula is C16H31N3O2S. The molecule has 0 aromatic rings. The summed E-state index contributed by atoms with van der Waals surface area (Å²) in [7, 11) is 0. The number of nitrogens with one attached hydrogen (secondary N) is 1. The molecule has 2 heterocycles. The highest BCUT2D eigenvalue weighted by Crippen LogP contribution is 2.20. The van der Waals surface area contributed by atoms with Gasteiger partial charge >= 0.3 is 6.03 Å². The van der Waals surface area contributed by atoms with E-state index in [1.807, 2.05) is 16.7 Å². The van der Waals surface area contributed by atoms with Crippen LogP contribution in [-0.2, 0) is 4.74 Å². The Balaban J connectivity index is 1.69. The van der Waals surface area contributed by atoms with Gasteiger partial charge in [-0.25, -0.2) is 4.79 Å². The van der Waals surface area contributed by atoms with Gasteiger partial charge in [-0.1, -0.05) is 13.3 Å². The molecule has 0 aromatic carbocycles. The van der Waals surface area contributed by atoms with E-state index in [1.165, 1.54) is 12.8 Å². The molecule has 6 heteroatoms. The van der Waals surface area contributed by atoms with Crippen molar-refractivity contribution in [1.29, 1.82) is 0 Å². The van der Waals surface area contributed by atoms with Crippen LogP contribution in [0.1, 0.15) is 26.2 Å². The van der Waals surface area contributed by atoms with Gasteiger partial charge < -0.3 is 15.0 Å². The first-order valence-electron chi connectivity index (χ1n) is 8.54. The van der Waals surface area contributed by atoms with E-state index >= 15 is 0 Å². The highest BCUT2D eigenvalue weighted by Gasteiger charge is 2.22. The lowest BCUT2D eigenvalue weighted by Crippen LogP contribution is -2.46. The topological polar surface area (TPSA) is 44.8 Å². The van der Waals surface area contributed by atoms with Crippen molar-refractivity contribution < 1.29 is 9.53 Å². The predicted octanol–water partition coefficient (Wildman–Crippen LogP) is 1.88. The maximum absolute atomic E-state index is 12.4. The van der Waals surface area contributed by atoms with Crippen LogP contribution in [-0.4, -0.2) is 79.8 Å². The summed E-state index contributed by atoms with van der Waals surface area (Å²) in [6.07, 6.45) is 5.76. The van der Waals surface area contributed by atoms with Crippen LogP contribution in [0.2, 0.25) is 0 Å². The van der Waals surface area contributed by atoms with Crippen LogP contribution in [0.4, 0.5) is 4.79 Å². The molecule has 0 spiro atoms. The van der Waals surface area contributed by atoms with Crippen molar-refractivity contribution in [3.63, 3.8) is 0 Å². The van der Waals surface area contributed by atoms with Crippen LogP contribution in [0.3, 0.4) is 0 Å². The molecule has 2 saturated heterocycles. The van der Waals surface area contributed by atoms with Crippen LogP contribution >= 0.6 is 11.8 Å². The Labute approximate surface area is 139 Å². The normalized spacial score (nSPS) is 25.5. The lowest BCUT2D eigenvalue weighted by Gasteiger charge is -2.30. The van der Waals surface area contributed by atoms with Gasteiger partial charge in [0.2, 0.25) is 0 Å². The number of nitrogens with zero attached hydrogens (tertiary/aromatic N) is 2. The lowest BCUT2D eigenvalue weighted by molar-refractivity contribution is 0.0319. The Morgan fingerprint density at radius 2 is 2.09 bits per heavy atom. The van der Waals surface area contributed by atoms with Gasteiger partial charge in [0.1, 0.15) is 0 Å².